The van der Waals surface area contributed by atoms with Gasteiger partial charge in [-0.05, 0) is 19.1 Å². The highest BCUT2D eigenvalue weighted by atomic mass is 32.2. The van der Waals surface area contributed by atoms with E-state index in [0.29, 0.717) is 6.20 Å². The molecule has 4 nitrogen and oxygen atoms in total. The third-order valence-electron chi connectivity index (χ3n) is 2.48. The molecule has 21 heavy (non-hydrogen) atoms. The molecule has 1 aromatic rings. The van der Waals surface area contributed by atoms with Crippen molar-refractivity contribution < 1.29 is 26.4 Å². The molecule has 0 N–H and O–H groups in total. The van der Waals surface area contributed by atoms with Crippen LogP contribution >= 0.6 is 0 Å². The molecule has 0 saturated heterocycles. The molecule has 0 aromatic heterocycles. The molecular weight excluding hydrogens is 307 g/mol. The maximum absolute atomic E-state index is 12.6. The summed E-state index contributed by atoms with van der Waals surface area (Å²) in [7, 11) is -1.89. The fraction of sp³-hybridized carbons (Fsp3) is 0.308. The molecular formula is C13H14F3NO3S. The highest BCUT2D eigenvalue weighted by Crippen LogP contribution is 2.28. The van der Waals surface area contributed by atoms with Gasteiger partial charge in [0.1, 0.15) is 4.91 Å². The van der Waals surface area contributed by atoms with E-state index >= 15 is 0 Å². The number of carbonyl (C=O) groups excluding carboxylic acids is 1. The van der Waals surface area contributed by atoms with Crippen LogP contribution in [-0.2, 0) is 14.6 Å². The number of carbonyl (C=O) groups is 1. The highest BCUT2D eigenvalue weighted by Gasteiger charge is 2.45. The number of halogens is 3. The lowest BCUT2D eigenvalue weighted by atomic mass is 10.2. The van der Waals surface area contributed by atoms with Gasteiger partial charge in [-0.15, -0.1) is 0 Å². The van der Waals surface area contributed by atoms with Gasteiger partial charge in [0.2, 0.25) is 9.84 Å². The van der Waals surface area contributed by atoms with E-state index in [1.165, 1.54) is 26.2 Å². The number of Topliss-reactive ketones (excluding diaryl/α,β-unsaturated/α-hetero) is 1. The van der Waals surface area contributed by atoms with Gasteiger partial charge in [0.05, 0.1) is 4.90 Å². The molecule has 0 fully saturated rings. The highest BCUT2D eigenvalue weighted by molar-refractivity contribution is 7.96. The van der Waals surface area contributed by atoms with Crippen molar-refractivity contribution in [3.05, 3.63) is 40.9 Å². The van der Waals surface area contributed by atoms with E-state index in [4.69, 9.17) is 0 Å². The summed E-state index contributed by atoms with van der Waals surface area (Å²) in [6.07, 6.45) is -4.61. The van der Waals surface area contributed by atoms with Crippen LogP contribution in [-0.4, -0.2) is 39.4 Å². The predicted octanol–water partition coefficient (Wildman–Crippen LogP) is 2.30. The van der Waals surface area contributed by atoms with Crippen LogP contribution in [0.4, 0.5) is 13.2 Å². The first-order chi connectivity index (χ1) is 9.46. The lowest BCUT2D eigenvalue weighted by Gasteiger charge is -2.13. The Bertz CT molecular complexity index is 659. The number of sulfone groups is 1. The van der Waals surface area contributed by atoms with Gasteiger partial charge in [-0.25, -0.2) is 8.42 Å². The van der Waals surface area contributed by atoms with Crippen LogP contribution in [0, 0.1) is 6.92 Å². The Morgan fingerprint density at radius 2 is 1.62 bits per heavy atom. The number of ketones is 1. The molecule has 0 aliphatic heterocycles. The third kappa shape index (κ3) is 4.07. The molecule has 0 saturated carbocycles. The molecule has 0 aliphatic rings. The maximum Gasteiger partial charge on any atom is 0.455 e. The zero-order valence-corrected chi connectivity index (χ0v) is 12.4. The smallest absolute Gasteiger partial charge is 0.382 e. The van der Waals surface area contributed by atoms with Crippen LogP contribution in [0.2, 0.25) is 0 Å². The Kier molecular flexibility index (Phi) is 4.83. The van der Waals surface area contributed by atoms with Gasteiger partial charge in [0.15, 0.2) is 0 Å². The summed E-state index contributed by atoms with van der Waals surface area (Å²) in [5.74, 6) is -2.39. The number of hydrogen-bond acceptors (Lipinski definition) is 4. The van der Waals surface area contributed by atoms with Crippen molar-refractivity contribution >= 4 is 15.6 Å². The lowest BCUT2D eigenvalue weighted by Crippen LogP contribution is -2.29. The second-order valence-electron chi connectivity index (χ2n) is 4.60. The third-order valence-corrected chi connectivity index (χ3v) is 4.24. The Morgan fingerprint density at radius 1 is 1.14 bits per heavy atom. The zero-order chi connectivity index (χ0) is 16.4. The molecule has 1 aromatic carbocycles. The summed E-state index contributed by atoms with van der Waals surface area (Å²) in [5.41, 5.74) is 0.745. The van der Waals surface area contributed by atoms with E-state index in [2.05, 4.69) is 0 Å². The van der Waals surface area contributed by atoms with Crippen LogP contribution in [0.1, 0.15) is 5.56 Å². The molecule has 0 radical (unpaired) electrons. The average Bonchev–Trinajstić information content (AvgIpc) is 2.34. The first kappa shape index (κ1) is 17.2. The van der Waals surface area contributed by atoms with Gasteiger partial charge in [-0.1, -0.05) is 17.7 Å². The van der Waals surface area contributed by atoms with E-state index in [1.807, 2.05) is 0 Å². The van der Waals surface area contributed by atoms with Crippen LogP contribution in [0.15, 0.2) is 40.3 Å². The standard InChI is InChI=1S/C13H14F3NO3S/c1-9-4-6-10(7-5-9)21(19,20)11(8-17(2)3)12(18)13(14,15)16/h4-8H,1-3H3/b11-8-. The van der Waals surface area contributed by atoms with Crippen molar-refractivity contribution in [2.24, 2.45) is 0 Å². The monoisotopic (exact) mass is 321 g/mol. The Hall–Kier alpha value is -1.83. The first-order valence-corrected chi connectivity index (χ1v) is 7.26. The molecule has 0 spiro atoms. The number of nitrogens with zero attached hydrogens (tertiary/aromatic N) is 1. The normalized spacial score (nSPS) is 13.1. The Morgan fingerprint density at radius 3 is 2.00 bits per heavy atom. The summed E-state index contributed by atoms with van der Waals surface area (Å²) in [6.45, 7) is 1.70. The molecule has 0 atom stereocenters. The fourth-order valence-electron chi connectivity index (χ4n) is 1.47. The molecule has 0 amide bonds. The van der Waals surface area contributed by atoms with Gasteiger partial charge in [-0.3, -0.25) is 4.79 Å². The molecule has 0 heterocycles. The minimum absolute atomic E-state index is 0.362. The predicted molar refractivity (Wildman–Crippen MR) is 71.2 cm³/mol. The number of alkyl halides is 3. The summed E-state index contributed by atoms with van der Waals surface area (Å²) < 4.78 is 62.3. The largest absolute Gasteiger partial charge is 0.455 e. The van der Waals surface area contributed by atoms with E-state index in [1.54, 1.807) is 6.92 Å². The lowest BCUT2D eigenvalue weighted by molar-refractivity contribution is -0.165. The fourth-order valence-corrected chi connectivity index (χ4v) is 2.93. The maximum atomic E-state index is 12.6. The first-order valence-electron chi connectivity index (χ1n) is 5.78. The number of aryl methyl sites for hydroxylation is 1. The van der Waals surface area contributed by atoms with E-state index in [9.17, 15) is 26.4 Å². The van der Waals surface area contributed by atoms with Gasteiger partial charge in [-0.2, -0.15) is 13.2 Å². The minimum Gasteiger partial charge on any atom is -0.382 e. The molecule has 0 unspecified atom stereocenters. The van der Waals surface area contributed by atoms with E-state index in [0.717, 1.165) is 22.6 Å². The van der Waals surface area contributed by atoms with Crippen molar-refractivity contribution in [1.82, 2.24) is 4.90 Å². The van der Waals surface area contributed by atoms with Gasteiger partial charge in [0.25, 0.3) is 5.78 Å². The average molecular weight is 321 g/mol. The molecule has 0 bridgehead atoms. The van der Waals surface area contributed by atoms with Gasteiger partial charge >= 0.3 is 6.18 Å². The summed E-state index contributed by atoms with van der Waals surface area (Å²) in [6, 6.07) is 5.21. The SMILES string of the molecule is Cc1ccc(S(=O)(=O)/C(=C\N(C)C)C(=O)C(F)(F)F)cc1. The summed E-state index contributed by atoms with van der Waals surface area (Å²) in [4.78, 5) is 10.8. The van der Waals surface area contributed by atoms with E-state index < -0.39 is 26.7 Å². The van der Waals surface area contributed by atoms with Crippen molar-refractivity contribution in [2.45, 2.75) is 18.0 Å². The van der Waals surface area contributed by atoms with Crippen molar-refractivity contribution in [2.75, 3.05) is 14.1 Å². The van der Waals surface area contributed by atoms with Gasteiger partial charge in [0, 0.05) is 20.3 Å². The minimum atomic E-state index is -5.26. The molecule has 0 aliphatic carbocycles. The number of rotatable bonds is 4. The van der Waals surface area contributed by atoms with Crippen molar-refractivity contribution in [3.63, 3.8) is 0 Å². The topological polar surface area (TPSA) is 54.5 Å². The number of allylic oxidation sites excluding steroid dienone is 1. The molecule has 116 valence electrons. The van der Waals surface area contributed by atoms with Crippen LogP contribution < -0.4 is 0 Å². The molecule has 8 heteroatoms. The zero-order valence-electron chi connectivity index (χ0n) is 11.6. The summed E-state index contributed by atoms with van der Waals surface area (Å²) >= 11 is 0. The van der Waals surface area contributed by atoms with Crippen molar-refractivity contribution in [1.29, 1.82) is 0 Å². The van der Waals surface area contributed by atoms with Gasteiger partial charge < -0.3 is 4.90 Å². The number of benzene rings is 1. The Balaban J connectivity index is 3.46. The van der Waals surface area contributed by atoms with Crippen LogP contribution in [0.25, 0.3) is 0 Å². The number of hydrogen-bond donors (Lipinski definition) is 0. The quantitative estimate of drug-likeness (QED) is 0.799. The van der Waals surface area contributed by atoms with Crippen molar-refractivity contribution in [3.8, 4) is 0 Å². The molecule has 1 rings (SSSR count). The van der Waals surface area contributed by atoms with Crippen LogP contribution in [0.5, 0.6) is 0 Å². The summed E-state index contributed by atoms with van der Waals surface area (Å²) in [5, 5.41) is 0. The van der Waals surface area contributed by atoms with E-state index in [-0.39, 0.29) is 4.90 Å². The van der Waals surface area contributed by atoms with Crippen LogP contribution in [0.3, 0.4) is 0 Å². The Labute approximate surface area is 120 Å². The second-order valence-corrected chi connectivity index (χ2v) is 6.52. The second kappa shape index (κ2) is 5.88.